The maximum atomic E-state index is 14.3. The van der Waals surface area contributed by atoms with Gasteiger partial charge in [0.05, 0.1) is 16.8 Å². The number of carbonyl (C=O) groups is 5. The van der Waals surface area contributed by atoms with Crippen LogP contribution in [0.4, 0.5) is 11.4 Å². The van der Waals surface area contributed by atoms with Crippen molar-refractivity contribution in [3.8, 4) is 17.2 Å². The first-order valence-electron chi connectivity index (χ1n) is 13.4. The van der Waals surface area contributed by atoms with Gasteiger partial charge in [0.25, 0.3) is 0 Å². The van der Waals surface area contributed by atoms with E-state index in [9.17, 15) is 29.1 Å². The minimum Gasteiger partial charge on any atom is -0.507 e. The summed E-state index contributed by atoms with van der Waals surface area (Å²) in [5.41, 5.74) is 1.91. The number of ketones is 2. The van der Waals surface area contributed by atoms with Crippen LogP contribution in [0, 0.1) is 0 Å². The van der Waals surface area contributed by atoms with Gasteiger partial charge < -0.3 is 29.1 Å². The smallest absolute Gasteiger partial charge is 0.308 e. The third-order valence-corrected chi connectivity index (χ3v) is 6.76. The van der Waals surface area contributed by atoms with Gasteiger partial charge in [-0.3, -0.25) is 24.0 Å². The van der Waals surface area contributed by atoms with Crippen molar-refractivity contribution in [3.05, 3.63) is 45.5 Å². The average molecular weight is 581 g/mol. The van der Waals surface area contributed by atoms with Crippen molar-refractivity contribution in [2.45, 2.75) is 53.9 Å². The summed E-state index contributed by atoms with van der Waals surface area (Å²) < 4.78 is 16.4. The Balaban J connectivity index is 2.48. The lowest BCUT2D eigenvalue weighted by molar-refractivity contribution is -0.133. The first-order valence-corrected chi connectivity index (χ1v) is 13.4. The number of carbonyl (C=O) groups excluding carboxylic acids is 5. The van der Waals surface area contributed by atoms with Crippen LogP contribution in [0.5, 0.6) is 17.2 Å². The van der Waals surface area contributed by atoms with E-state index in [1.54, 1.807) is 31.1 Å². The third kappa shape index (κ3) is 6.00. The normalized spacial score (nSPS) is 13.6. The van der Waals surface area contributed by atoms with Crippen LogP contribution in [0.15, 0.2) is 17.7 Å². The number of hydrogen-bond donors (Lipinski definition) is 1. The molecule has 0 saturated carbocycles. The Labute approximate surface area is 244 Å². The molecule has 0 spiro atoms. The Kier molecular flexibility index (Phi) is 9.45. The highest BCUT2D eigenvalue weighted by molar-refractivity contribution is 6.20. The fourth-order valence-electron chi connectivity index (χ4n) is 5.29. The zero-order valence-corrected chi connectivity index (χ0v) is 25.4. The van der Waals surface area contributed by atoms with E-state index in [1.807, 2.05) is 25.9 Å². The molecule has 224 valence electrons. The number of ether oxygens (including phenoxy) is 3. The van der Waals surface area contributed by atoms with E-state index >= 15 is 0 Å². The van der Waals surface area contributed by atoms with Crippen LogP contribution >= 0.6 is 0 Å². The molecule has 1 N–H and O–H groups in total. The Morgan fingerprint density at radius 3 is 1.86 bits per heavy atom. The summed E-state index contributed by atoms with van der Waals surface area (Å²) in [5.74, 6) is -4.19. The van der Waals surface area contributed by atoms with E-state index in [0.29, 0.717) is 23.2 Å². The lowest BCUT2D eigenvalue weighted by Gasteiger charge is -2.30. The molecule has 2 aromatic carbocycles. The second-order valence-electron chi connectivity index (χ2n) is 10.3. The van der Waals surface area contributed by atoms with Gasteiger partial charge in [0, 0.05) is 60.2 Å². The van der Waals surface area contributed by atoms with Crippen LogP contribution in [0.25, 0.3) is 5.76 Å². The molecule has 0 fully saturated rings. The molecule has 0 unspecified atom stereocenters. The number of nitrogens with zero attached hydrogens (tertiary/aromatic N) is 2. The van der Waals surface area contributed by atoms with Gasteiger partial charge in [-0.2, -0.15) is 0 Å². The molecule has 0 amide bonds. The number of aliphatic hydroxyl groups excluding tert-OH is 1. The van der Waals surface area contributed by atoms with Gasteiger partial charge in [0.2, 0.25) is 0 Å². The molecule has 11 nitrogen and oxygen atoms in total. The zero-order chi connectivity index (χ0) is 31.6. The minimum absolute atomic E-state index is 0.0191. The van der Waals surface area contributed by atoms with Gasteiger partial charge in [0.1, 0.15) is 17.1 Å². The third-order valence-electron chi connectivity index (χ3n) is 6.76. The summed E-state index contributed by atoms with van der Waals surface area (Å²) in [4.78, 5) is 67.0. The molecular weight excluding hydrogens is 544 g/mol. The van der Waals surface area contributed by atoms with Crippen LogP contribution in [0.3, 0.4) is 0 Å². The van der Waals surface area contributed by atoms with E-state index in [2.05, 4.69) is 0 Å². The Bertz CT molecular complexity index is 1530. The van der Waals surface area contributed by atoms with E-state index in [-0.39, 0.29) is 52.4 Å². The van der Waals surface area contributed by atoms with Gasteiger partial charge in [-0.1, -0.05) is 6.92 Å². The maximum Gasteiger partial charge on any atom is 0.308 e. The number of anilines is 2. The fourth-order valence-corrected chi connectivity index (χ4v) is 5.29. The van der Waals surface area contributed by atoms with Gasteiger partial charge in [-0.15, -0.1) is 0 Å². The van der Waals surface area contributed by atoms with Crippen LogP contribution < -0.4 is 24.0 Å². The maximum absolute atomic E-state index is 14.3. The quantitative estimate of drug-likeness (QED) is 0.156. The molecule has 0 bridgehead atoms. The highest BCUT2D eigenvalue weighted by Crippen LogP contribution is 2.49. The first kappa shape index (κ1) is 31.9. The molecule has 42 heavy (non-hydrogen) atoms. The van der Waals surface area contributed by atoms with E-state index in [0.717, 1.165) is 12.6 Å². The van der Waals surface area contributed by atoms with Crippen LogP contribution in [-0.2, 0) is 27.2 Å². The predicted molar refractivity (Wildman–Crippen MR) is 157 cm³/mol. The van der Waals surface area contributed by atoms with Crippen LogP contribution in [0.2, 0.25) is 0 Å². The number of Topliss-reactive ketones (excluding diaryl/α,β-unsaturated/α-hetero) is 2. The molecule has 0 aromatic heterocycles. The van der Waals surface area contributed by atoms with Gasteiger partial charge >= 0.3 is 17.9 Å². The topological polar surface area (TPSA) is 140 Å². The molecular formula is C31H36N2O9. The van der Waals surface area contributed by atoms with Crippen molar-refractivity contribution in [3.63, 3.8) is 0 Å². The molecule has 0 aliphatic heterocycles. The summed E-state index contributed by atoms with van der Waals surface area (Å²) in [6.07, 6.45) is 0.641. The summed E-state index contributed by atoms with van der Waals surface area (Å²) in [7, 11) is 6.98. The highest BCUT2D eigenvalue weighted by atomic mass is 16.5. The van der Waals surface area contributed by atoms with Crippen molar-refractivity contribution >= 4 is 46.6 Å². The first-order chi connectivity index (χ1) is 19.6. The van der Waals surface area contributed by atoms with Crippen molar-refractivity contribution in [2.75, 3.05) is 38.0 Å². The second-order valence-corrected chi connectivity index (χ2v) is 10.3. The second kappa shape index (κ2) is 12.5. The summed E-state index contributed by atoms with van der Waals surface area (Å²) in [6.45, 7) is 6.60. The fraction of sp³-hybridized carbons (Fsp3) is 0.387. The Morgan fingerprint density at radius 1 is 0.810 bits per heavy atom. The molecule has 0 saturated heterocycles. The average Bonchev–Trinajstić information content (AvgIpc) is 2.86. The van der Waals surface area contributed by atoms with Crippen molar-refractivity contribution in [1.82, 2.24) is 0 Å². The predicted octanol–water partition coefficient (Wildman–Crippen LogP) is 4.46. The van der Waals surface area contributed by atoms with Crippen LogP contribution in [-0.4, -0.2) is 62.8 Å². The molecule has 11 heteroatoms. The number of esters is 3. The number of hydrogen-bond acceptors (Lipinski definition) is 11. The van der Waals surface area contributed by atoms with Crippen LogP contribution in [0.1, 0.15) is 78.4 Å². The van der Waals surface area contributed by atoms with Crippen molar-refractivity contribution in [2.24, 2.45) is 0 Å². The standard InChI is InChI=1S/C31H36N2O9/c1-10-19-22(32(6)7)13-14-23(40-16(3)35)25(19)28(38)21-12-11-20-26(29(21)39)30(41-17(4)36)24(15(2)34)31(42-18(5)37)27(20)33(8)9/h13-14,38H,10-12H2,1-9H3. The van der Waals surface area contributed by atoms with E-state index < -0.39 is 35.2 Å². The molecule has 1 aliphatic rings. The summed E-state index contributed by atoms with van der Waals surface area (Å²) >= 11 is 0. The van der Waals surface area contributed by atoms with E-state index in [4.69, 9.17) is 14.2 Å². The van der Waals surface area contributed by atoms with Gasteiger partial charge in [0.15, 0.2) is 23.1 Å². The van der Waals surface area contributed by atoms with E-state index in [1.165, 1.54) is 20.8 Å². The number of aliphatic hydroxyl groups is 1. The number of benzene rings is 2. The van der Waals surface area contributed by atoms with Gasteiger partial charge in [-0.05, 0) is 49.4 Å². The number of fused-ring (bicyclic) bond motifs is 1. The molecule has 1 aliphatic carbocycles. The molecule has 3 rings (SSSR count). The Hall–Kier alpha value is -4.67. The lowest BCUT2D eigenvalue weighted by Crippen LogP contribution is -2.26. The largest absolute Gasteiger partial charge is 0.507 e. The SMILES string of the molecule is CCc1c(N(C)C)ccc(OC(C)=O)c1C(O)=C1CCc2c(c(OC(C)=O)c(C(C)=O)c(OC(C)=O)c2N(C)C)C1=O. The summed E-state index contributed by atoms with van der Waals surface area (Å²) in [6, 6.07) is 3.31. The lowest BCUT2D eigenvalue weighted by atomic mass is 9.81. The molecule has 0 radical (unpaired) electrons. The monoisotopic (exact) mass is 580 g/mol. The minimum atomic E-state index is -0.802. The number of rotatable bonds is 8. The Morgan fingerprint density at radius 2 is 1.38 bits per heavy atom. The summed E-state index contributed by atoms with van der Waals surface area (Å²) in [5, 5.41) is 11.8. The molecule has 0 heterocycles. The molecule has 0 atom stereocenters. The number of allylic oxidation sites excluding steroid dienone is 1. The van der Waals surface area contributed by atoms with Crippen molar-refractivity contribution in [1.29, 1.82) is 0 Å². The zero-order valence-electron chi connectivity index (χ0n) is 25.4. The van der Waals surface area contributed by atoms with Crippen molar-refractivity contribution < 1.29 is 43.3 Å². The highest BCUT2D eigenvalue weighted by Gasteiger charge is 2.39. The molecule has 2 aromatic rings. The van der Waals surface area contributed by atoms with Gasteiger partial charge in [-0.25, -0.2) is 0 Å².